The van der Waals surface area contributed by atoms with Crippen LogP contribution in [-0.4, -0.2) is 41.3 Å². The van der Waals surface area contributed by atoms with Gasteiger partial charge in [0.15, 0.2) is 21.3 Å². The van der Waals surface area contributed by atoms with E-state index in [0.717, 1.165) is 29.7 Å². The monoisotopic (exact) mass is 403 g/mol. The average molecular weight is 404 g/mol. The van der Waals surface area contributed by atoms with E-state index in [9.17, 15) is 13.2 Å². The van der Waals surface area contributed by atoms with E-state index in [1.165, 1.54) is 6.26 Å². The van der Waals surface area contributed by atoms with Crippen LogP contribution in [-0.2, 0) is 27.5 Å². The van der Waals surface area contributed by atoms with Crippen molar-refractivity contribution in [2.45, 2.75) is 30.6 Å². The summed E-state index contributed by atoms with van der Waals surface area (Å²) in [6.45, 7) is 0.638. The van der Waals surface area contributed by atoms with Gasteiger partial charge in [0, 0.05) is 24.9 Å². The predicted molar refractivity (Wildman–Crippen MR) is 108 cm³/mol. The Morgan fingerprint density at radius 2 is 1.93 bits per heavy atom. The maximum absolute atomic E-state index is 12.9. The molecule has 0 aromatic heterocycles. The highest BCUT2D eigenvalue weighted by molar-refractivity contribution is 7.90. The topological polar surface area (TPSA) is 72.9 Å². The lowest BCUT2D eigenvalue weighted by atomic mass is 10.0. The molecule has 150 valence electrons. The Morgan fingerprint density at radius 1 is 1.14 bits per heavy atom. The molecule has 1 aliphatic heterocycles. The molecule has 0 atom stereocenters. The van der Waals surface area contributed by atoms with Crippen molar-refractivity contribution in [1.82, 2.24) is 0 Å². The molecule has 0 fully saturated rings. The van der Waals surface area contributed by atoms with E-state index in [-0.39, 0.29) is 5.91 Å². The number of methoxy groups -OCH3 is 2. The summed E-state index contributed by atoms with van der Waals surface area (Å²) >= 11 is 0. The summed E-state index contributed by atoms with van der Waals surface area (Å²) in [5, 5.41) is 0. The van der Waals surface area contributed by atoms with E-state index in [1.54, 1.807) is 37.3 Å². The first-order valence-electron chi connectivity index (χ1n) is 9.18. The number of fused-ring (bicyclic) bond motifs is 1. The summed E-state index contributed by atoms with van der Waals surface area (Å²) in [6, 6.07) is 10.6. The van der Waals surface area contributed by atoms with Crippen LogP contribution in [0.15, 0.2) is 41.3 Å². The van der Waals surface area contributed by atoms with Crippen LogP contribution in [0.3, 0.4) is 0 Å². The van der Waals surface area contributed by atoms with Crippen LogP contribution in [0.2, 0.25) is 0 Å². The number of amides is 1. The molecule has 2 aromatic carbocycles. The molecule has 0 bridgehead atoms. The summed E-state index contributed by atoms with van der Waals surface area (Å²) in [5.41, 5.74) is 2.63. The third-order valence-corrected chi connectivity index (χ3v) is 6.10. The molecule has 0 spiro atoms. The van der Waals surface area contributed by atoms with Crippen LogP contribution in [0, 0.1) is 0 Å². The van der Waals surface area contributed by atoms with E-state index in [2.05, 4.69) is 0 Å². The fourth-order valence-electron chi connectivity index (χ4n) is 3.59. The van der Waals surface area contributed by atoms with Gasteiger partial charge in [-0.25, -0.2) is 8.42 Å². The van der Waals surface area contributed by atoms with Crippen molar-refractivity contribution in [1.29, 1.82) is 0 Å². The highest BCUT2D eigenvalue weighted by atomic mass is 32.2. The standard InChI is InChI=1S/C21H25NO5S/c1-26-19-8-4-6-15(21(19)27-2)9-12-20(23)22-13-5-7-16-14-17(28(3,24)25)10-11-18(16)22/h4,6,8,10-11,14H,5,7,9,12-13H2,1-3H3. The largest absolute Gasteiger partial charge is 0.493 e. The van der Waals surface area contributed by atoms with Gasteiger partial charge >= 0.3 is 0 Å². The van der Waals surface area contributed by atoms with E-state index in [4.69, 9.17) is 9.47 Å². The first-order valence-corrected chi connectivity index (χ1v) is 11.1. The second-order valence-electron chi connectivity index (χ2n) is 6.86. The van der Waals surface area contributed by atoms with Crippen LogP contribution >= 0.6 is 0 Å². The quantitative estimate of drug-likeness (QED) is 0.741. The second kappa shape index (κ2) is 8.22. The molecule has 1 heterocycles. The Labute approximate surface area is 166 Å². The Morgan fingerprint density at radius 3 is 2.61 bits per heavy atom. The summed E-state index contributed by atoms with van der Waals surface area (Å²) < 4.78 is 34.4. The van der Waals surface area contributed by atoms with Gasteiger partial charge in [-0.3, -0.25) is 4.79 Å². The van der Waals surface area contributed by atoms with E-state index in [0.29, 0.717) is 35.8 Å². The molecule has 7 heteroatoms. The molecule has 0 radical (unpaired) electrons. The number of para-hydroxylation sites is 1. The Kier molecular flexibility index (Phi) is 5.93. The molecule has 1 amide bonds. The van der Waals surface area contributed by atoms with Crippen LogP contribution in [0.1, 0.15) is 24.0 Å². The third kappa shape index (κ3) is 4.14. The Hall–Kier alpha value is -2.54. The van der Waals surface area contributed by atoms with Gasteiger partial charge in [0.1, 0.15) is 0 Å². The van der Waals surface area contributed by atoms with Gasteiger partial charge in [0.25, 0.3) is 0 Å². The first-order chi connectivity index (χ1) is 13.3. The van der Waals surface area contributed by atoms with Crippen LogP contribution in [0.25, 0.3) is 0 Å². The number of nitrogens with zero attached hydrogens (tertiary/aromatic N) is 1. The number of anilines is 1. The molecule has 0 aliphatic carbocycles. The predicted octanol–water partition coefficient (Wildman–Crippen LogP) is 3.02. The molecule has 0 unspecified atom stereocenters. The number of ether oxygens (including phenoxy) is 2. The van der Waals surface area contributed by atoms with Gasteiger partial charge in [-0.2, -0.15) is 0 Å². The number of sulfone groups is 1. The third-order valence-electron chi connectivity index (χ3n) is 4.99. The van der Waals surface area contributed by atoms with Crippen molar-refractivity contribution < 1.29 is 22.7 Å². The number of carbonyl (C=O) groups is 1. The minimum Gasteiger partial charge on any atom is -0.493 e. The van der Waals surface area contributed by atoms with E-state index < -0.39 is 9.84 Å². The SMILES string of the molecule is COc1cccc(CCC(=O)N2CCCc3cc(S(C)(=O)=O)ccc32)c1OC. The van der Waals surface area contributed by atoms with E-state index in [1.807, 2.05) is 18.2 Å². The highest BCUT2D eigenvalue weighted by Crippen LogP contribution is 2.33. The first kappa shape index (κ1) is 20.2. The van der Waals surface area contributed by atoms with Gasteiger partial charge < -0.3 is 14.4 Å². The minimum absolute atomic E-state index is 0.0120. The van der Waals surface area contributed by atoms with Gasteiger partial charge in [-0.05, 0) is 54.7 Å². The lowest BCUT2D eigenvalue weighted by Gasteiger charge is -2.30. The van der Waals surface area contributed by atoms with E-state index >= 15 is 0 Å². The molecule has 0 saturated carbocycles. The zero-order chi connectivity index (χ0) is 20.3. The van der Waals surface area contributed by atoms with Crippen LogP contribution in [0.4, 0.5) is 5.69 Å². The molecule has 1 aliphatic rings. The molecule has 6 nitrogen and oxygen atoms in total. The fraction of sp³-hybridized carbons (Fsp3) is 0.381. The number of hydrogen-bond donors (Lipinski definition) is 0. The number of carbonyl (C=O) groups excluding carboxylic acids is 1. The zero-order valence-corrected chi connectivity index (χ0v) is 17.2. The second-order valence-corrected chi connectivity index (χ2v) is 8.88. The lowest BCUT2D eigenvalue weighted by molar-refractivity contribution is -0.118. The Bertz CT molecular complexity index is 984. The maximum Gasteiger partial charge on any atom is 0.227 e. The summed E-state index contributed by atoms with van der Waals surface area (Å²) in [5.74, 6) is 1.30. The fourth-order valence-corrected chi connectivity index (χ4v) is 4.26. The van der Waals surface area contributed by atoms with Crippen molar-refractivity contribution >= 4 is 21.4 Å². The van der Waals surface area contributed by atoms with Crippen LogP contribution in [0.5, 0.6) is 11.5 Å². The smallest absolute Gasteiger partial charge is 0.227 e. The van der Waals surface area contributed by atoms with Gasteiger partial charge in [-0.15, -0.1) is 0 Å². The molecular formula is C21H25NO5S. The molecule has 3 rings (SSSR count). The van der Waals surface area contributed by atoms with Crippen molar-refractivity contribution in [2.24, 2.45) is 0 Å². The summed E-state index contributed by atoms with van der Waals surface area (Å²) in [7, 11) is -0.0916. The number of hydrogen-bond acceptors (Lipinski definition) is 5. The minimum atomic E-state index is -3.26. The number of benzene rings is 2. The molecule has 0 saturated heterocycles. The zero-order valence-electron chi connectivity index (χ0n) is 16.4. The Balaban J connectivity index is 1.79. The van der Waals surface area contributed by atoms with Crippen molar-refractivity contribution in [2.75, 3.05) is 31.9 Å². The average Bonchev–Trinajstić information content (AvgIpc) is 2.69. The molecular weight excluding hydrogens is 378 g/mol. The number of rotatable bonds is 6. The molecule has 28 heavy (non-hydrogen) atoms. The van der Waals surface area contributed by atoms with Gasteiger partial charge in [0.05, 0.1) is 19.1 Å². The van der Waals surface area contributed by atoms with Crippen molar-refractivity contribution in [3.8, 4) is 11.5 Å². The van der Waals surface area contributed by atoms with Crippen LogP contribution < -0.4 is 14.4 Å². The molecule has 2 aromatic rings. The van der Waals surface area contributed by atoms with Crippen molar-refractivity contribution in [3.63, 3.8) is 0 Å². The lowest BCUT2D eigenvalue weighted by Crippen LogP contribution is -2.35. The van der Waals surface area contributed by atoms with Crippen molar-refractivity contribution in [3.05, 3.63) is 47.5 Å². The maximum atomic E-state index is 12.9. The number of aryl methyl sites for hydroxylation is 2. The highest BCUT2D eigenvalue weighted by Gasteiger charge is 2.24. The van der Waals surface area contributed by atoms with Gasteiger partial charge in [0.2, 0.25) is 5.91 Å². The van der Waals surface area contributed by atoms with Gasteiger partial charge in [-0.1, -0.05) is 12.1 Å². The molecule has 0 N–H and O–H groups in total. The normalized spacial score (nSPS) is 13.8. The summed E-state index contributed by atoms with van der Waals surface area (Å²) in [6.07, 6.45) is 3.64. The summed E-state index contributed by atoms with van der Waals surface area (Å²) in [4.78, 5) is 15.0.